The first-order valence-corrected chi connectivity index (χ1v) is 8.92. The number of nitrogens with one attached hydrogen (secondary N) is 2. The number of rotatable bonds is 3. The Balaban J connectivity index is 2.23. The Morgan fingerprint density at radius 3 is 2.84 bits per heavy atom. The minimum atomic E-state index is -0.781. The largest absolute Gasteiger partial charge is 0.324 e. The van der Waals surface area contributed by atoms with Crippen LogP contribution in [-0.2, 0) is 22.6 Å². The number of likely N-dealkylation sites (N-methyl/N-ethyl adjacent to an activating group) is 1. The number of nitrogens with zero attached hydrogens (tertiary/aromatic N) is 3. The van der Waals surface area contributed by atoms with Gasteiger partial charge in [-0.15, -0.1) is 5.10 Å². The van der Waals surface area contributed by atoms with Crippen molar-refractivity contribution in [1.82, 2.24) is 25.6 Å². The molecule has 0 saturated carbocycles. The van der Waals surface area contributed by atoms with Gasteiger partial charge in [0.2, 0.25) is 0 Å². The number of carbonyl (C=O) groups excluding carboxylic acids is 2. The Hall–Kier alpha value is -1.64. The molecule has 2 bridgehead atoms. The van der Waals surface area contributed by atoms with Crippen LogP contribution in [0.3, 0.4) is 0 Å². The maximum Gasteiger partial charge on any atom is 0.166 e. The second kappa shape index (κ2) is 8.16. The van der Waals surface area contributed by atoms with E-state index in [1.807, 2.05) is 24.7 Å². The lowest BCUT2D eigenvalue weighted by molar-refractivity contribution is -0.126. The van der Waals surface area contributed by atoms with Gasteiger partial charge in [0.25, 0.3) is 0 Å². The molecule has 0 unspecified atom stereocenters. The number of aromatic nitrogens is 3. The molecular formula is C17H30N6O2. The summed E-state index contributed by atoms with van der Waals surface area (Å²) in [6.07, 6.45) is 5.58. The van der Waals surface area contributed by atoms with Crippen LogP contribution in [0.25, 0.3) is 0 Å². The lowest BCUT2D eigenvalue weighted by Crippen LogP contribution is -2.58. The van der Waals surface area contributed by atoms with E-state index in [9.17, 15) is 9.59 Å². The summed E-state index contributed by atoms with van der Waals surface area (Å²) >= 11 is 0. The van der Waals surface area contributed by atoms with Crippen LogP contribution in [0.5, 0.6) is 0 Å². The number of carbonyl (C=O) groups is 2. The van der Waals surface area contributed by atoms with Crippen molar-refractivity contribution in [1.29, 1.82) is 0 Å². The molecular weight excluding hydrogens is 320 g/mol. The molecule has 8 heteroatoms. The van der Waals surface area contributed by atoms with Crippen molar-refractivity contribution in [3.63, 3.8) is 0 Å². The zero-order chi connectivity index (χ0) is 18.5. The van der Waals surface area contributed by atoms with Crippen LogP contribution >= 0.6 is 0 Å². The highest BCUT2D eigenvalue weighted by Gasteiger charge is 2.35. The summed E-state index contributed by atoms with van der Waals surface area (Å²) in [6, 6.07) is 0. The van der Waals surface area contributed by atoms with E-state index >= 15 is 0 Å². The molecule has 0 saturated heterocycles. The fraction of sp³-hybridized carbons (Fsp3) is 0.765. The summed E-state index contributed by atoms with van der Waals surface area (Å²) in [5.74, 6) is -0.0444. The summed E-state index contributed by atoms with van der Waals surface area (Å²) in [7, 11) is 1.78. The molecule has 0 aliphatic carbocycles. The third-order valence-corrected chi connectivity index (χ3v) is 5.39. The van der Waals surface area contributed by atoms with Gasteiger partial charge >= 0.3 is 0 Å². The number of Topliss-reactive ketones (excluding diaryl/α,β-unsaturated/α-hetero) is 2. The van der Waals surface area contributed by atoms with Crippen LogP contribution in [0.15, 0.2) is 6.20 Å². The number of hydrogen-bond donors (Lipinski definition) is 3. The molecule has 2 rings (SSSR count). The third kappa shape index (κ3) is 4.71. The van der Waals surface area contributed by atoms with E-state index in [0.717, 1.165) is 25.1 Å². The van der Waals surface area contributed by atoms with E-state index < -0.39 is 11.1 Å². The number of ketones is 2. The maximum atomic E-state index is 12.8. The van der Waals surface area contributed by atoms with E-state index in [0.29, 0.717) is 19.3 Å². The van der Waals surface area contributed by atoms with E-state index in [1.54, 1.807) is 7.05 Å². The molecule has 0 radical (unpaired) electrons. The lowest BCUT2D eigenvalue weighted by Gasteiger charge is -2.33. The molecule has 25 heavy (non-hydrogen) atoms. The molecule has 2 heterocycles. The van der Waals surface area contributed by atoms with E-state index in [-0.39, 0.29) is 24.7 Å². The van der Waals surface area contributed by atoms with Gasteiger partial charge in [0, 0.05) is 12.7 Å². The summed E-state index contributed by atoms with van der Waals surface area (Å²) < 4.78 is 1.83. The Morgan fingerprint density at radius 2 is 2.16 bits per heavy atom. The highest BCUT2D eigenvalue weighted by atomic mass is 16.1. The van der Waals surface area contributed by atoms with Crippen LogP contribution in [-0.4, -0.2) is 57.8 Å². The molecule has 2 atom stereocenters. The molecule has 1 aromatic rings. The Labute approximate surface area is 148 Å². The van der Waals surface area contributed by atoms with Gasteiger partial charge in [-0.1, -0.05) is 5.21 Å². The Bertz CT molecular complexity index is 616. The second-order valence-electron chi connectivity index (χ2n) is 7.25. The van der Waals surface area contributed by atoms with Crippen molar-refractivity contribution in [3.8, 4) is 0 Å². The van der Waals surface area contributed by atoms with Gasteiger partial charge < -0.3 is 11.1 Å². The van der Waals surface area contributed by atoms with Crippen LogP contribution in [0.2, 0.25) is 0 Å². The second-order valence-corrected chi connectivity index (χ2v) is 7.25. The molecule has 8 nitrogen and oxygen atoms in total. The quantitative estimate of drug-likeness (QED) is 0.692. The van der Waals surface area contributed by atoms with Crippen LogP contribution in [0.1, 0.15) is 45.2 Å². The first-order chi connectivity index (χ1) is 11.8. The van der Waals surface area contributed by atoms with Gasteiger partial charge in [-0.05, 0) is 53.0 Å². The van der Waals surface area contributed by atoms with Crippen LogP contribution in [0, 0.1) is 0 Å². The minimum absolute atomic E-state index is 0.0236. The number of fused-ring (bicyclic) bond motifs is 2. The van der Waals surface area contributed by atoms with Gasteiger partial charge in [-0.3, -0.25) is 19.6 Å². The maximum absolute atomic E-state index is 12.8. The average Bonchev–Trinajstić information content (AvgIpc) is 3.07. The van der Waals surface area contributed by atoms with Crippen molar-refractivity contribution in [2.45, 2.75) is 63.6 Å². The van der Waals surface area contributed by atoms with Gasteiger partial charge in [0.05, 0.1) is 29.9 Å². The highest BCUT2D eigenvalue weighted by Crippen LogP contribution is 2.19. The van der Waals surface area contributed by atoms with E-state index in [4.69, 9.17) is 5.73 Å². The summed E-state index contributed by atoms with van der Waals surface area (Å²) in [4.78, 5) is 25.1. The van der Waals surface area contributed by atoms with Gasteiger partial charge in [0.1, 0.15) is 0 Å². The molecule has 0 amide bonds. The van der Waals surface area contributed by atoms with Crippen LogP contribution in [0.4, 0.5) is 0 Å². The van der Waals surface area contributed by atoms with E-state index in [2.05, 4.69) is 20.9 Å². The first-order valence-electron chi connectivity index (χ1n) is 8.92. The minimum Gasteiger partial charge on any atom is -0.324 e. The smallest absolute Gasteiger partial charge is 0.166 e. The molecule has 4 N–H and O–H groups in total. The van der Waals surface area contributed by atoms with E-state index in [1.165, 1.54) is 0 Å². The topological polar surface area (TPSA) is 115 Å². The third-order valence-electron chi connectivity index (χ3n) is 5.39. The van der Waals surface area contributed by atoms with Crippen molar-refractivity contribution in [3.05, 3.63) is 11.9 Å². The zero-order valence-corrected chi connectivity index (χ0v) is 15.5. The number of aryl methyl sites for hydroxylation is 2. The molecule has 1 aliphatic heterocycles. The van der Waals surface area contributed by atoms with Gasteiger partial charge in [-0.25, -0.2) is 0 Å². The average molecular weight is 350 g/mol. The van der Waals surface area contributed by atoms with Crippen LogP contribution < -0.4 is 16.4 Å². The van der Waals surface area contributed by atoms with Gasteiger partial charge in [-0.2, -0.15) is 0 Å². The monoisotopic (exact) mass is 350 g/mol. The van der Waals surface area contributed by atoms with Crippen molar-refractivity contribution >= 4 is 11.6 Å². The molecule has 0 fully saturated rings. The van der Waals surface area contributed by atoms with Gasteiger partial charge in [0.15, 0.2) is 11.6 Å². The first kappa shape index (κ1) is 19.7. The fourth-order valence-electron chi connectivity index (χ4n) is 3.12. The Kier molecular flexibility index (Phi) is 6.42. The van der Waals surface area contributed by atoms with Crippen molar-refractivity contribution < 1.29 is 9.59 Å². The SMILES string of the molecule is CN[C@@]1(C)CCc2cn(nn2)CCCC[C@@](C)(C(=O)CN)NCC1=O. The lowest BCUT2D eigenvalue weighted by atomic mass is 9.87. The number of nitrogens with two attached hydrogens (primary N) is 1. The summed E-state index contributed by atoms with van der Waals surface area (Å²) in [5.41, 5.74) is 5.01. The summed E-state index contributed by atoms with van der Waals surface area (Å²) in [5, 5.41) is 14.6. The molecule has 1 aromatic heterocycles. The number of hydrogen-bond acceptors (Lipinski definition) is 7. The van der Waals surface area contributed by atoms with Crippen molar-refractivity contribution in [2.75, 3.05) is 20.1 Å². The molecule has 0 aromatic carbocycles. The predicted octanol–water partition coefficient (Wildman–Crippen LogP) is -0.182. The zero-order valence-electron chi connectivity index (χ0n) is 15.5. The normalized spacial score (nSPS) is 29.2. The molecule has 0 spiro atoms. The fourth-order valence-corrected chi connectivity index (χ4v) is 3.12. The molecule has 140 valence electrons. The Morgan fingerprint density at radius 1 is 1.40 bits per heavy atom. The predicted molar refractivity (Wildman–Crippen MR) is 95.1 cm³/mol. The molecule has 1 aliphatic rings. The van der Waals surface area contributed by atoms with Crippen molar-refractivity contribution in [2.24, 2.45) is 5.73 Å². The highest BCUT2D eigenvalue weighted by molar-refractivity contribution is 5.92. The summed E-state index contributed by atoms with van der Waals surface area (Å²) in [6.45, 7) is 4.59. The standard InChI is InChI=1S/C17H30N6O2/c1-16(19-3)8-6-13-12-23(22-21-13)9-5-4-7-17(2,14(24)10-18)20-11-15(16)25/h12,19-20H,4-11,18H2,1-3H3/t16-,17-/m0/s1.